The van der Waals surface area contributed by atoms with Crippen LogP contribution in [0.4, 0.5) is 0 Å². The standard InChI is InChI=1S/C11H11BrClNO2/c1-15-5-8-7-2-6(13)3-9(12)11(7)16-10(8)4-14/h2-3H,4-5,14H2,1H3. The van der Waals surface area contributed by atoms with E-state index in [-0.39, 0.29) is 0 Å². The molecule has 0 atom stereocenters. The van der Waals surface area contributed by atoms with E-state index in [0.29, 0.717) is 18.2 Å². The minimum Gasteiger partial charge on any atom is -0.458 e. The zero-order valence-electron chi connectivity index (χ0n) is 8.72. The van der Waals surface area contributed by atoms with Gasteiger partial charge in [-0.1, -0.05) is 11.6 Å². The molecule has 3 nitrogen and oxygen atoms in total. The van der Waals surface area contributed by atoms with Crippen molar-refractivity contribution in [3.05, 3.63) is 33.0 Å². The third kappa shape index (κ3) is 1.98. The van der Waals surface area contributed by atoms with E-state index in [1.165, 1.54) is 0 Å². The van der Waals surface area contributed by atoms with Gasteiger partial charge in [-0.25, -0.2) is 0 Å². The maximum Gasteiger partial charge on any atom is 0.149 e. The Hall–Kier alpha value is -0.550. The molecule has 0 bridgehead atoms. The molecule has 0 saturated heterocycles. The predicted octanol–water partition coefficient (Wildman–Crippen LogP) is 3.45. The summed E-state index contributed by atoms with van der Waals surface area (Å²) in [5, 5.41) is 1.60. The molecule has 2 rings (SSSR count). The molecule has 2 aromatic rings. The highest BCUT2D eigenvalue weighted by molar-refractivity contribution is 9.10. The minimum absolute atomic E-state index is 0.345. The number of benzene rings is 1. The van der Waals surface area contributed by atoms with Gasteiger partial charge in [0.05, 0.1) is 17.6 Å². The van der Waals surface area contributed by atoms with E-state index in [0.717, 1.165) is 26.8 Å². The highest BCUT2D eigenvalue weighted by Crippen LogP contribution is 2.34. The van der Waals surface area contributed by atoms with Crippen LogP contribution in [0.15, 0.2) is 21.0 Å². The molecule has 0 aliphatic carbocycles. The number of hydrogen-bond acceptors (Lipinski definition) is 3. The molecule has 0 radical (unpaired) electrons. The van der Waals surface area contributed by atoms with E-state index < -0.39 is 0 Å². The lowest BCUT2D eigenvalue weighted by atomic mass is 10.1. The quantitative estimate of drug-likeness (QED) is 0.945. The van der Waals surface area contributed by atoms with Crippen LogP contribution in [0.1, 0.15) is 11.3 Å². The van der Waals surface area contributed by atoms with E-state index in [2.05, 4.69) is 15.9 Å². The van der Waals surface area contributed by atoms with Crippen LogP contribution < -0.4 is 5.73 Å². The van der Waals surface area contributed by atoms with Crippen molar-refractivity contribution in [3.8, 4) is 0 Å². The van der Waals surface area contributed by atoms with Crippen molar-refractivity contribution in [1.82, 2.24) is 0 Å². The highest BCUT2D eigenvalue weighted by atomic mass is 79.9. The number of hydrogen-bond donors (Lipinski definition) is 1. The molecule has 0 aliphatic rings. The molecule has 0 unspecified atom stereocenters. The monoisotopic (exact) mass is 303 g/mol. The second-order valence-electron chi connectivity index (χ2n) is 3.41. The zero-order chi connectivity index (χ0) is 11.7. The summed E-state index contributed by atoms with van der Waals surface area (Å²) in [7, 11) is 1.64. The fourth-order valence-corrected chi connectivity index (χ4v) is 2.58. The number of ether oxygens (including phenoxy) is 1. The topological polar surface area (TPSA) is 48.4 Å². The summed E-state index contributed by atoms with van der Waals surface area (Å²) in [4.78, 5) is 0. The summed E-state index contributed by atoms with van der Waals surface area (Å²) in [5.41, 5.74) is 7.36. The molecule has 2 N–H and O–H groups in total. The lowest BCUT2D eigenvalue weighted by molar-refractivity contribution is 0.184. The Morgan fingerprint density at radius 3 is 2.88 bits per heavy atom. The number of furan rings is 1. The number of methoxy groups -OCH3 is 1. The third-order valence-corrected chi connectivity index (χ3v) is 3.18. The third-order valence-electron chi connectivity index (χ3n) is 2.37. The Balaban J connectivity index is 2.73. The summed E-state index contributed by atoms with van der Waals surface area (Å²) >= 11 is 9.42. The second-order valence-corrected chi connectivity index (χ2v) is 4.70. The predicted molar refractivity (Wildman–Crippen MR) is 67.5 cm³/mol. The molecule has 0 aliphatic heterocycles. The first-order valence-corrected chi connectivity index (χ1v) is 5.92. The van der Waals surface area contributed by atoms with Gasteiger partial charge in [-0.15, -0.1) is 0 Å². The lowest BCUT2D eigenvalue weighted by Crippen LogP contribution is -1.99. The Bertz CT molecular complexity index is 524. The molecular weight excluding hydrogens is 293 g/mol. The van der Waals surface area contributed by atoms with Crippen LogP contribution in [0.3, 0.4) is 0 Å². The zero-order valence-corrected chi connectivity index (χ0v) is 11.1. The first kappa shape index (κ1) is 11.9. The van der Waals surface area contributed by atoms with Gasteiger partial charge < -0.3 is 14.9 Å². The van der Waals surface area contributed by atoms with Gasteiger partial charge in [0.15, 0.2) is 0 Å². The molecule has 0 amide bonds. The Kier molecular flexibility index (Phi) is 3.54. The van der Waals surface area contributed by atoms with Crippen molar-refractivity contribution < 1.29 is 9.15 Å². The van der Waals surface area contributed by atoms with Gasteiger partial charge in [-0.05, 0) is 28.1 Å². The molecular formula is C11H11BrClNO2. The smallest absolute Gasteiger partial charge is 0.149 e. The molecule has 86 valence electrons. The summed E-state index contributed by atoms with van der Waals surface area (Å²) in [6.07, 6.45) is 0. The van der Waals surface area contributed by atoms with Gasteiger partial charge in [-0.2, -0.15) is 0 Å². The summed E-state index contributed by atoms with van der Waals surface area (Å²) in [6, 6.07) is 3.66. The average molecular weight is 305 g/mol. The summed E-state index contributed by atoms with van der Waals surface area (Å²) in [6.45, 7) is 0.809. The van der Waals surface area contributed by atoms with Crippen LogP contribution in [0.2, 0.25) is 5.02 Å². The van der Waals surface area contributed by atoms with E-state index >= 15 is 0 Å². The van der Waals surface area contributed by atoms with E-state index in [1.807, 2.05) is 6.07 Å². The van der Waals surface area contributed by atoms with Gasteiger partial charge in [0.25, 0.3) is 0 Å². The van der Waals surface area contributed by atoms with Crippen LogP contribution in [0, 0.1) is 0 Å². The van der Waals surface area contributed by atoms with E-state index in [4.69, 9.17) is 26.5 Å². The van der Waals surface area contributed by atoms with Gasteiger partial charge in [0.2, 0.25) is 0 Å². The fraction of sp³-hybridized carbons (Fsp3) is 0.273. The van der Waals surface area contributed by atoms with Gasteiger partial charge in [0.1, 0.15) is 11.3 Å². The summed E-state index contributed by atoms with van der Waals surface area (Å²) in [5.74, 6) is 0.736. The minimum atomic E-state index is 0.345. The molecule has 16 heavy (non-hydrogen) atoms. The average Bonchev–Trinajstić information content (AvgIpc) is 2.58. The Labute approximate surface area is 107 Å². The molecule has 5 heteroatoms. The van der Waals surface area contributed by atoms with Crippen molar-refractivity contribution in [2.24, 2.45) is 5.73 Å². The van der Waals surface area contributed by atoms with E-state index in [9.17, 15) is 0 Å². The lowest BCUT2D eigenvalue weighted by Gasteiger charge is -1.99. The first-order chi connectivity index (χ1) is 7.67. The largest absolute Gasteiger partial charge is 0.458 e. The maximum absolute atomic E-state index is 6.00. The van der Waals surface area contributed by atoms with Crippen LogP contribution in [-0.4, -0.2) is 7.11 Å². The van der Waals surface area contributed by atoms with Crippen LogP contribution in [0.5, 0.6) is 0 Å². The number of fused-ring (bicyclic) bond motifs is 1. The van der Waals surface area contributed by atoms with Crippen LogP contribution >= 0.6 is 27.5 Å². The van der Waals surface area contributed by atoms with Crippen molar-refractivity contribution in [1.29, 1.82) is 0 Å². The van der Waals surface area contributed by atoms with Gasteiger partial charge in [-0.3, -0.25) is 0 Å². The molecule has 0 saturated carbocycles. The molecule has 0 fully saturated rings. The van der Waals surface area contributed by atoms with Crippen LogP contribution in [-0.2, 0) is 17.9 Å². The van der Waals surface area contributed by atoms with Crippen molar-refractivity contribution >= 4 is 38.5 Å². The SMILES string of the molecule is COCc1c(CN)oc2c(Br)cc(Cl)cc12. The maximum atomic E-state index is 6.00. The van der Waals surface area contributed by atoms with E-state index in [1.54, 1.807) is 13.2 Å². The van der Waals surface area contributed by atoms with Gasteiger partial charge >= 0.3 is 0 Å². The normalized spacial score (nSPS) is 11.2. The van der Waals surface area contributed by atoms with Crippen molar-refractivity contribution in [2.75, 3.05) is 7.11 Å². The number of halogens is 2. The molecule has 0 spiro atoms. The fourth-order valence-electron chi connectivity index (χ4n) is 1.69. The molecule has 1 heterocycles. The molecule has 1 aromatic heterocycles. The summed E-state index contributed by atoms with van der Waals surface area (Å²) < 4.78 is 11.6. The van der Waals surface area contributed by atoms with Crippen molar-refractivity contribution in [3.63, 3.8) is 0 Å². The Morgan fingerprint density at radius 2 is 2.25 bits per heavy atom. The first-order valence-electron chi connectivity index (χ1n) is 4.75. The Morgan fingerprint density at radius 1 is 1.50 bits per heavy atom. The molecule has 1 aromatic carbocycles. The van der Waals surface area contributed by atoms with Crippen LogP contribution in [0.25, 0.3) is 11.0 Å². The second kappa shape index (κ2) is 4.75. The highest BCUT2D eigenvalue weighted by Gasteiger charge is 2.15. The number of nitrogens with two attached hydrogens (primary N) is 1. The van der Waals surface area contributed by atoms with Crippen molar-refractivity contribution in [2.45, 2.75) is 13.2 Å². The number of rotatable bonds is 3. The van der Waals surface area contributed by atoms with Gasteiger partial charge in [0, 0.05) is 23.1 Å².